The molecule has 19 heavy (non-hydrogen) atoms. The van der Waals surface area contributed by atoms with Crippen LogP contribution in [-0.4, -0.2) is 21.7 Å². The van der Waals surface area contributed by atoms with E-state index in [0.717, 1.165) is 11.6 Å². The fourth-order valence-electron chi connectivity index (χ4n) is 2.18. The van der Waals surface area contributed by atoms with Crippen LogP contribution >= 0.6 is 0 Å². The monoisotopic (exact) mass is 296 g/mol. The van der Waals surface area contributed by atoms with E-state index in [1.54, 1.807) is 31.2 Å². The van der Waals surface area contributed by atoms with Crippen molar-refractivity contribution >= 4 is 17.9 Å². The molecule has 0 fully saturated rings. The first-order valence-corrected chi connectivity index (χ1v) is 11.8. The Balaban J connectivity index is 2.79. The van der Waals surface area contributed by atoms with E-state index < -0.39 is 23.2 Å². The summed E-state index contributed by atoms with van der Waals surface area (Å²) >= 11 is 0. The molecule has 0 saturated heterocycles. The molecule has 0 bridgehead atoms. The Labute approximate surface area is 118 Å². The second-order valence-electron chi connectivity index (χ2n) is 6.36. The van der Waals surface area contributed by atoms with Gasteiger partial charge in [-0.15, -0.1) is 6.58 Å². The topological polar surface area (TPSA) is 34.1 Å². The molecule has 0 N–H and O–H groups in total. The van der Waals surface area contributed by atoms with Crippen LogP contribution in [0.25, 0.3) is 0 Å². The minimum absolute atomic E-state index is 0.404. The van der Waals surface area contributed by atoms with E-state index >= 15 is 0 Å². The number of sulfone groups is 1. The number of hydrogen-bond acceptors (Lipinski definition) is 2. The maximum atomic E-state index is 12.4. The summed E-state index contributed by atoms with van der Waals surface area (Å²) in [6.07, 6.45) is 0.557. The summed E-state index contributed by atoms with van der Waals surface area (Å²) in [5, 5.41) is -0.404. The third kappa shape index (κ3) is 4.95. The molecule has 1 atom stereocenters. The van der Waals surface area contributed by atoms with Gasteiger partial charge in [0.15, 0.2) is 9.84 Å². The van der Waals surface area contributed by atoms with Crippen molar-refractivity contribution in [2.75, 3.05) is 0 Å². The Morgan fingerprint density at radius 1 is 1.21 bits per heavy atom. The van der Waals surface area contributed by atoms with Crippen LogP contribution < -0.4 is 0 Å². The maximum Gasteiger partial charge on any atom is 0.181 e. The summed E-state index contributed by atoms with van der Waals surface area (Å²) in [7, 11) is -4.45. The minimum Gasteiger partial charge on any atom is -0.223 e. The standard InChI is InChI=1S/C15H24O2SSi/c1-13(12-19(3,4)5)11-14(2)18(16,17)15-9-7-6-8-10-15/h6-10,14H,1,11-12H2,2-5H3. The summed E-state index contributed by atoms with van der Waals surface area (Å²) < 4.78 is 24.8. The second-order valence-corrected chi connectivity index (χ2v) is 14.2. The SMILES string of the molecule is C=C(CC(C)S(=O)(=O)c1ccccc1)C[Si](C)(C)C. The number of allylic oxidation sites excluding steroid dienone is 1. The van der Waals surface area contributed by atoms with Crippen LogP contribution in [0.3, 0.4) is 0 Å². The molecule has 0 aliphatic rings. The van der Waals surface area contributed by atoms with E-state index in [1.165, 1.54) is 0 Å². The van der Waals surface area contributed by atoms with Crippen molar-refractivity contribution < 1.29 is 8.42 Å². The minimum atomic E-state index is -3.24. The second kappa shape index (κ2) is 6.05. The fourth-order valence-corrected chi connectivity index (χ4v) is 5.28. The molecule has 0 spiro atoms. The first kappa shape index (κ1) is 16.2. The molecule has 2 nitrogen and oxygen atoms in total. The van der Waals surface area contributed by atoms with E-state index in [-0.39, 0.29) is 0 Å². The summed E-state index contributed by atoms with van der Waals surface area (Å²) in [6.45, 7) is 12.7. The Kier molecular flexibility index (Phi) is 5.16. The molecular weight excluding hydrogens is 272 g/mol. The highest BCUT2D eigenvalue weighted by Crippen LogP contribution is 2.24. The van der Waals surface area contributed by atoms with Gasteiger partial charge in [-0.3, -0.25) is 0 Å². The average molecular weight is 297 g/mol. The summed E-state index contributed by atoms with van der Waals surface area (Å²) in [5.74, 6) is 0. The lowest BCUT2D eigenvalue weighted by molar-refractivity contribution is 0.582. The lowest BCUT2D eigenvalue weighted by Crippen LogP contribution is -2.23. The normalized spacial score (nSPS) is 14.1. The molecule has 1 aromatic carbocycles. The number of rotatable bonds is 6. The van der Waals surface area contributed by atoms with Crippen molar-refractivity contribution in [1.29, 1.82) is 0 Å². The molecule has 0 saturated carbocycles. The van der Waals surface area contributed by atoms with Gasteiger partial charge in [0, 0.05) is 8.07 Å². The predicted molar refractivity (Wildman–Crippen MR) is 85.0 cm³/mol. The van der Waals surface area contributed by atoms with Crippen molar-refractivity contribution in [3.8, 4) is 0 Å². The van der Waals surface area contributed by atoms with E-state index in [2.05, 4.69) is 26.2 Å². The predicted octanol–water partition coefficient (Wildman–Crippen LogP) is 4.13. The molecule has 0 radical (unpaired) electrons. The van der Waals surface area contributed by atoms with Crippen LogP contribution in [-0.2, 0) is 9.84 Å². The van der Waals surface area contributed by atoms with E-state index in [1.807, 2.05) is 6.07 Å². The van der Waals surface area contributed by atoms with Crippen molar-refractivity contribution in [3.63, 3.8) is 0 Å². The smallest absolute Gasteiger partial charge is 0.181 e. The molecular formula is C15H24O2SSi. The first-order chi connectivity index (χ1) is 8.63. The molecule has 1 aromatic rings. The van der Waals surface area contributed by atoms with Gasteiger partial charge in [-0.25, -0.2) is 8.42 Å². The largest absolute Gasteiger partial charge is 0.223 e. The third-order valence-corrected chi connectivity index (χ3v) is 6.67. The molecule has 0 heterocycles. The molecule has 0 aromatic heterocycles. The maximum absolute atomic E-state index is 12.4. The average Bonchev–Trinajstić information content (AvgIpc) is 2.27. The van der Waals surface area contributed by atoms with Crippen LogP contribution in [0, 0.1) is 0 Å². The zero-order chi connectivity index (χ0) is 14.7. The third-order valence-electron chi connectivity index (χ3n) is 2.96. The molecule has 1 rings (SSSR count). The van der Waals surface area contributed by atoms with Gasteiger partial charge in [-0.2, -0.15) is 0 Å². The van der Waals surface area contributed by atoms with Crippen molar-refractivity contribution in [1.82, 2.24) is 0 Å². The highest BCUT2D eigenvalue weighted by molar-refractivity contribution is 7.92. The van der Waals surface area contributed by atoms with Gasteiger partial charge in [-0.1, -0.05) is 43.4 Å². The summed E-state index contributed by atoms with van der Waals surface area (Å²) in [4.78, 5) is 0.406. The van der Waals surface area contributed by atoms with Crippen LogP contribution in [0.4, 0.5) is 0 Å². The van der Waals surface area contributed by atoms with E-state index in [9.17, 15) is 8.42 Å². The van der Waals surface area contributed by atoms with Crippen LogP contribution in [0.15, 0.2) is 47.4 Å². The number of hydrogen-bond donors (Lipinski definition) is 0. The Morgan fingerprint density at radius 3 is 2.21 bits per heavy atom. The molecule has 0 aliphatic carbocycles. The Hall–Kier alpha value is -0.873. The zero-order valence-corrected chi connectivity index (χ0v) is 14.1. The van der Waals surface area contributed by atoms with Gasteiger partial charge < -0.3 is 0 Å². The summed E-state index contributed by atoms with van der Waals surface area (Å²) in [5.41, 5.74) is 1.06. The van der Waals surface area contributed by atoms with Crippen molar-refractivity contribution in [2.45, 2.75) is 49.2 Å². The summed E-state index contributed by atoms with van der Waals surface area (Å²) in [6, 6.07) is 9.66. The first-order valence-electron chi connectivity index (χ1n) is 6.58. The van der Waals surface area contributed by atoms with E-state index in [4.69, 9.17) is 0 Å². The highest BCUT2D eigenvalue weighted by Gasteiger charge is 2.25. The highest BCUT2D eigenvalue weighted by atomic mass is 32.2. The molecule has 1 unspecified atom stereocenters. The van der Waals surface area contributed by atoms with Gasteiger partial charge in [-0.05, 0) is 31.5 Å². The van der Waals surface area contributed by atoms with Crippen LogP contribution in [0.1, 0.15) is 13.3 Å². The van der Waals surface area contributed by atoms with Crippen molar-refractivity contribution in [2.24, 2.45) is 0 Å². The molecule has 0 aliphatic heterocycles. The lowest BCUT2D eigenvalue weighted by Gasteiger charge is -2.20. The molecule has 4 heteroatoms. The van der Waals surface area contributed by atoms with Gasteiger partial charge in [0.25, 0.3) is 0 Å². The zero-order valence-electron chi connectivity index (χ0n) is 12.3. The van der Waals surface area contributed by atoms with Gasteiger partial charge in [0.1, 0.15) is 0 Å². The quantitative estimate of drug-likeness (QED) is 0.584. The van der Waals surface area contributed by atoms with Crippen LogP contribution in [0.5, 0.6) is 0 Å². The lowest BCUT2D eigenvalue weighted by atomic mass is 10.2. The number of benzene rings is 1. The van der Waals surface area contributed by atoms with Gasteiger partial charge >= 0.3 is 0 Å². The van der Waals surface area contributed by atoms with Gasteiger partial charge in [0.05, 0.1) is 10.1 Å². The van der Waals surface area contributed by atoms with E-state index in [0.29, 0.717) is 11.3 Å². The van der Waals surface area contributed by atoms with Gasteiger partial charge in [0.2, 0.25) is 0 Å². The Morgan fingerprint density at radius 2 is 1.74 bits per heavy atom. The Bertz CT molecular complexity index is 527. The molecule has 106 valence electrons. The molecule has 0 amide bonds. The van der Waals surface area contributed by atoms with Crippen molar-refractivity contribution in [3.05, 3.63) is 42.5 Å². The van der Waals surface area contributed by atoms with Crippen LogP contribution in [0.2, 0.25) is 25.7 Å². The fraction of sp³-hybridized carbons (Fsp3) is 0.467.